The number of ether oxygens (including phenoxy) is 1. The average molecular weight is 234 g/mol. The van der Waals surface area contributed by atoms with Gasteiger partial charge in [-0.3, -0.25) is 4.79 Å². The quantitative estimate of drug-likeness (QED) is 0.494. The predicted molar refractivity (Wildman–Crippen MR) is 63.5 cm³/mol. The van der Waals surface area contributed by atoms with E-state index in [4.69, 9.17) is 4.74 Å². The number of rotatable bonds is 4. The Hall–Kier alpha value is -2.17. The molecule has 0 aliphatic rings. The summed E-state index contributed by atoms with van der Waals surface area (Å²) in [5.41, 5.74) is 0.534. The van der Waals surface area contributed by atoms with Crippen molar-refractivity contribution in [2.45, 2.75) is 13.8 Å². The van der Waals surface area contributed by atoms with Crippen molar-refractivity contribution in [1.29, 1.82) is 0 Å². The van der Waals surface area contributed by atoms with Gasteiger partial charge in [0.2, 0.25) is 0 Å². The highest BCUT2D eigenvalue weighted by Gasteiger charge is 2.06. The highest BCUT2D eigenvalue weighted by molar-refractivity contribution is 5.93. The number of hydrogen-bond donors (Lipinski definition) is 1. The smallest absolute Gasteiger partial charge is 0.183 e. The van der Waals surface area contributed by atoms with E-state index < -0.39 is 0 Å². The van der Waals surface area contributed by atoms with Crippen molar-refractivity contribution in [2.24, 2.45) is 10.2 Å². The minimum absolute atomic E-state index is 0.0409. The van der Waals surface area contributed by atoms with E-state index in [1.165, 1.54) is 13.8 Å². The number of carbonyl (C=O) groups is 1. The van der Waals surface area contributed by atoms with Crippen LogP contribution in [0.3, 0.4) is 0 Å². The zero-order chi connectivity index (χ0) is 12.8. The van der Waals surface area contributed by atoms with Gasteiger partial charge in [0.15, 0.2) is 11.5 Å². The zero-order valence-electron chi connectivity index (χ0n) is 9.97. The van der Waals surface area contributed by atoms with E-state index in [0.29, 0.717) is 11.4 Å². The largest absolute Gasteiger partial charge is 0.510 e. The van der Waals surface area contributed by atoms with Crippen LogP contribution in [0.15, 0.2) is 46.0 Å². The summed E-state index contributed by atoms with van der Waals surface area (Å²) in [6.07, 6.45) is 0. The minimum atomic E-state index is -0.331. The second-order valence-electron chi connectivity index (χ2n) is 3.39. The van der Waals surface area contributed by atoms with Gasteiger partial charge >= 0.3 is 0 Å². The summed E-state index contributed by atoms with van der Waals surface area (Å²) in [4.78, 5) is 11.1. The molecule has 0 spiro atoms. The Kier molecular flexibility index (Phi) is 4.39. The number of aliphatic hydroxyl groups is 1. The molecule has 0 bridgehead atoms. The van der Waals surface area contributed by atoms with Gasteiger partial charge < -0.3 is 9.84 Å². The average Bonchev–Trinajstić information content (AvgIpc) is 2.29. The molecule has 0 aromatic heterocycles. The molecule has 0 saturated heterocycles. The summed E-state index contributed by atoms with van der Waals surface area (Å²) < 4.78 is 5.00. The summed E-state index contributed by atoms with van der Waals surface area (Å²) in [5.74, 6) is 0.238. The van der Waals surface area contributed by atoms with Crippen LogP contribution in [0, 0.1) is 0 Å². The number of methoxy groups -OCH3 is 1. The number of ketones is 1. The lowest BCUT2D eigenvalue weighted by Gasteiger charge is -1.99. The number of carbonyl (C=O) groups excluding carboxylic acids is 1. The van der Waals surface area contributed by atoms with Gasteiger partial charge in [-0.1, -0.05) is 0 Å². The maximum Gasteiger partial charge on any atom is 0.183 e. The zero-order valence-corrected chi connectivity index (χ0v) is 9.97. The fourth-order valence-corrected chi connectivity index (χ4v) is 1.15. The second kappa shape index (κ2) is 5.79. The third-order valence-electron chi connectivity index (χ3n) is 2.01. The van der Waals surface area contributed by atoms with Crippen molar-refractivity contribution in [3.63, 3.8) is 0 Å². The Bertz CT molecular complexity index is 457. The second-order valence-corrected chi connectivity index (χ2v) is 3.39. The van der Waals surface area contributed by atoms with Crippen LogP contribution < -0.4 is 4.74 Å². The first-order valence-corrected chi connectivity index (χ1v) is 5.01. The van der Waals surface area contributed by atoms with Gasteiger partial charge in [-0.05, 0) is 31.2 Å². The molecule has 0 radical (unpaired) electrons. The number of aliphatic hydroxyl groups excluding tert-OH is 1. The van der Waals surface area contributed by atoms with Crippen molar-refractivity contribution in [1.82, 2.24) is 0 Å². The van der Waals surface area contributed by atoms with Gasteiger partial charge in [-0.15, -0.1) is 5.11 Å². The van der Waals surface area contributed by atoms with Crippen molar-refractivity contribution in [3.8, 4) is 5.75 Å². The number of hydrogen-bond acceptors (Lipinski definition) is 5. The summed E-state index contributed by atoms with van der Waals surface area (Å²) >= 11 is 0. The highest BCUT2D eigenvalue weighted by atomic mass is 16.5. The maximum absolute atomic E-state index is 11.1. The first-order valence-electron chi connectivity index (χ1n) is 5.01. The van der Waals surface area contributed by atoms with Crippen LogP contribution in [0.5, 0.6) is 5.75 Å². The molecule has 0 saturated carbocycles. The molecule has 0 aliphatic carbocycles. The Morgan fingerprint density at radius 1 is 1.24 bits per heavy atom. The van der Waals surface area contributed by atoms with E-state index in [1.807, 2.05) is 0 Å². The van der Waals surface area contributed by atoms with Crippen molar-refractivity contribution in [2.75, 3.05) is 7.11 Å². The summed E-state index contributed by atoms with van der Waals surface area (Å²) in [6.45, 7) is 2.71. The molecule has 0 unspecified atom stereocenters. The Morgan fingerprint density at radius 2 is 1.82 bits per heavy atom. The third kappa shape index (κ3) is 3.71. The summed E-state index contributed by atoms with van der Waals surface area (Å²) in [7, 11) is 1.57. The number of Topliss-reactive ketones (excluding diaryl/α,β-unsaturated/α-hetero) is 1. The number of nitrogens with zero attached hydrogens (tertiary/aromatic N) is 2. The van der Waals surface area contributed by atoms with Crippen LogP contribution in [-0.2, 0) is 4.79 Å². The normalized spacial score (nSPS) is 12.4. The molecule has 5 heteroatoms. The van der Waals surface area contributed by atoms with E-state index in [1.54, 1.807) is 31.4 Å². The van der Waals surface area contributed by atoms with Crippen molar-refractivity contribution < 1.29 is 14.6 Å². The topological polar surface area (TPSA) is 71.2 Å². The molecule has 90 valence electrons. The molecule has 0 aliphatic heterocycles. The van der Waals surface area contributed by atoms with Crippen LogP contribution in [-0.4, -0.2) is 18.0 Å². The Morgan fingerprint density at radius 3 is 2.24 bits per heavy atom. The lowest BCUT2D eigenvalue weighted by molar-refractivity contribution is -0.113. The van der Waals surface area contributed by atoms with Gasteiger partial charge in [0.05, 0.1) is 12.8 Å². The molecule has 1 aromatic rings. The molecular formula is C12H14N2O3. The lowest BCUT2D eigenvalue weighted by Crippen LogP contribution is -1.96. The standard InChI is InChI=1S/C12H14N2O3/c1-8(15)12(9(2)16)14-13-10-4-6-11(17-3)7-5-10/h4-7,15H,1-3H3. The predicted octanol–water partition coefficient (Wildman–Crippen LogP) is 3.16. The van der Waals surface area contributed by atoms with Crippen LogP contribution in [0.25, 0.3) is 0 Å². The molecule has 0 heterocycles. The Labute approximate surface area is 99.4 Å². The van der Waals surface area contributed by atoms with Gasteiger partial charge in [0, 0.05) is 6.92 Å². The number of allylic oxidation sites excluding steroid dienone is 2. The number of benzene rings is 1. The third-order valence-corrected chi connectivity index (χ3v) is 2.01. The van der Waals surface area contributed by atoms with Gasteiger partial charge in [-0.25, -0.2) is 0 Å². The molecule has 5 nitrogen and oxygen atoms in total. The van der Waals surface area contributed by atoms with E-state index in [2.05, 4.69) is 10.2 Å². The monoisotopic (exact) mass is 234 g/mol. The molecule has 1 N–H and O–H groups in total. The van der Waals surface area contributed by atoms with E-state index in [0.717, 1.165) is 0 Å². The minimum Gasteiger partial charge on any atom is -0.510 e. The first-order chi connectivity index (χ1) is 8.04. The summed E-state index contributed by atoms with van der Waals surface area (Å²) in [6, 6.07) is 6.87. The fraction of sp³-hybridized carbons (Fsp3) is 0.250. The molecular weight excluding hydrogens is 220 g/mol. The molecule has 1 aromatic carbocycles. The molecule has 0 atom stereocenters. The van der Waals surface area contributed by atoms with E-state index in [9.17, 15) is 9.90 Å². The van der Waals surface area contributed by atoms with Crippen LogP contribution in [0.4, 0.5) is 5.69 Å². The fourth-order valence-electron chi connectivity index (χ4n) is 1.15. The Balaban J connectivity index is 2.89. The maximum atomic E-state index is 11.1. The molecule has 0 fully saturated rings. The highest BCUT2D eigenvalue weighted by Crippen LogP contribution is 2.19. The SMILES string of the molecule is COc1ccc(N=NC(C(C)=O)=C(C)O)cc1. The molecule has 17 heavy (non-hydrogen) atoms. The molecule has 1 rings (SSSR count). The van der Waals surface area contributed by atoms with Gasteiger partial charge in [0.25, 0.3) is 0 Å². The van der Waals surface area contributed by atoms with E-state index >= 15 is 0 Å². The van der Waals surface area contributed by atoms with Crippen LogP contribution >= 0.6 is 0 Å². The van der Waals surface area contributed by atoms with Gasteiger partial charge in [-0.2, -0.15) is 5.11 Å². The van der Waals surface area contributed by atoms with E-state index in [-0.39, 0.29) is 17.2 Å². The van der Waals surface area contributed by atoms with Gasteiger partial charge in [0.1, 0.15) is 11.5 Å². The summed E-state index contributed by atoms with van der Waals surface area (Å²) in [5, 5.41) is 16.8. The van der Waals surface area contributed by atoms with Crippen LogP contribution in [0.2, 0.25) is 0 Å². The van der Waals surface area contributed by atoms with Crippen molar-refractivity contribution in [3.05, 3.63) is 35.7 Å². The first kappa shape index (κ1) is 12.9. The molecule has 0 amide bonds. The van der Waals surface area contributed by atoms with Crippen molar-refractivity contribution >= 4 is 11.5 Å². The number of azo groups is 1. The van der Waals surface area contributed by atoms with Crippen LogP contribution in [0.1, 0.15) is 13.8 Å². The lowest BCUT2D eigenvalue weighted by atomic mass is 10.3.